The average Bonchev–Trinajstić information content (AvgIpc) is 2.24. The number of amides is 1. The fourth-order valence-electron chi connectivity index (χ4n) is 1.15. The number of rotatable bonds is 3. The standard InChI is InChI=1S/C10H11F3N2O2/c1-2-5-14-8(16)6-3-4-7(10(11,12)13)15-9(6)17/h3-4H,2,5H2,1H3,(H,14,16)(H,15,17). The molecule has 94 valence electrons. The molecule has 1 heterocycles. The van der Waals surface area contributed by atoms with Crippen molar-refractivity contribution in [3.8, 4) is 0 Å². The first-order valence-electron chi connectivity index (χ1n) is 4.95. The highest BCUT2D eigenvalue weighted by Crippen LogP contribution is 2.26. The van der Waals surface area contributed by atoms with Crippen LogP contribution < -0.4 is 10.9 Å². The Morgan fingerprint density at radius 1 is 1.41 bits per heavy atom. The summed E-state index contributed by atoms with van der Waals surface area (Å²) in [6.07, 6.45) is -3.96. The molecule has 4 nitrogen and oxygen atoms in total. The van der Waals surface area contributed by atoms with E-state index in [1.807, 2.05) is 6.92 Å². The van der Waals surface area contributed by atoms with Crippen LogP contribution in [-0.4, -0.2) is 17.4 Å². The van der Waals surface area contributed by atoms with E-state index in [-0.39, 0.29) is 5.56 Å². The molecule has 0 aliphatic heterocycles. The van der Waals surface area contributed by atoms with Crippen LogP contribution in [0.15, 0.2) is 16.9 Å². The van der Waals surface area contributed by atoms with Crippen molar-refractivity contribution in [1.29, 1.82) is 0 Å². The highest BCUT2D eigenvalue weighted by Gasteiger charge is 2.32. The number of alkyl halides is 3. The van der Waals surface area contributed by atoms with E-state index < -0.39 is 23.3 Å². The summed E-state index contributed by atoms with van der Waals surface area (Å²) in [5.41, 5.74) is -2.55. The van der Waals surface area contributed by atoms with E-state index in [0.29, 0.717) is 19.0 Å². The van der Waals surface area contributed by atoms with Crippen LogP contribution in [0.4, 0.5) is 13.2 Å². The number of H-pyrrole nitrogens is 1. The van der Waals surface area contributed by atoms with E-state index >= 15 is 0 Å². The van der Waals surface area contributed by atoms with Crippen LogP contribution in [0.5, 0.6) is 0 Å². The topological polar surface area (TPSA) is 62.0 Å². The van der Waals surface area contributed by atoms with Gasteiger partial charge >= 0.3 is 6.18 Å². The summed E-state index contributed by atoms with van der Waals surface area (Å²) in [5, 5.41) is 2.41. The van der Waals surface area contributed by atoms with Crippen LogP contribution in [0.25, 0.3) is 0 Å². The molecule has 0 fully saturated rings. The van der Waals surface area contributed by atoms with Crippen LogP contribution in [-0.2, 0) is 6.18 Å². The fourth-order valence-corrected chi connectivity index (χ4v) is 1.15. The number of carbonyl (C=O) groups is 1. The predicted octanol–water partition coefficient (Wildman–Crippen LogP) is 1.53. The lowest BCUT2D eigenvalue weighted by molar-refractivity contribution is -0.141. The largest absolute Gasteiger partial charge is 0.431 e. The Hall–Kier alpha value is -1.79. The monoisotopic (exact) mass is 248 g/mol. The van der Waals surface area contributed by atoms with Crippen molar-refractivity contribution in [2.45, 2.75) is 19.5 Å². The first kappa shape index (κ1) is 13.3. The Balaban J connectivity index is 2.99. The second-order valence-electron chi connectivity index (χ2n) is 3.37. The van der Waals surface area contributed by atoms with Crippen molar-refractivity contribution in [3.05, 3.63) is 33.7 Å². The van der Waals surface area contributed by atoms with E-state index in [9.17, 15) is 22.8 Å². The van der Waals surface area contributed by atoms with Gasteiger partial charge in [-0.25, -0.2) is 0 Å². The van der Waals surface area contributed by atoms with Crippen LogP contribution in [0.3, 0.4) is 0 Å². The summed E-state index contributed by atoms with van der Waals surface area (Å²) in [6.45, 7) is 2.18. The molecule has 0 saturated heterocycles. The average molecular weight is 248 g/mol. The number of pyridine rings is 1. The molecule has 2 N–H and O–H groups in total. The molecule has 0 aromatic carbocycles. The molecule has 1 rings (SSSR count). The minimum Gasteiger partial charge on any atom is -0.352 e. The molecular formula is C10H11F3N2O2. The normalized spacial score (nSPS) is 11.3. The van der Waals surface area contributed by atoms with Crippen LogP contribution in [0.1, 0.15) is 29.4 Å². The lowest BCUT2D eigenvalue weighted by Gasteiger charge is -2.07. The Kier molecular flexibility index (Phi) is 3.93. The SMILES string of the molecule is CCCNC(=O)c1ccc(C(F)(F)F)[nH]c1=O. The molecule has 1 amide bonds. The van der Waals surface area contributed by atoms with Gasteiger partial charge in [-0.1, -0.05) is 6.92 Å². The number of carbonyl (C=O) groups excluding carboxylic acids is 1. The van der Waals surface area contributed by atoms with Gasteiger partial charge in [0.25, 0.3) is 11.5 Å². The molecule has 0 bridgehead atoms. The number of hydrogen-bond acceptors (Lipinski definition) is 2. The number of hydrogen-bond donors (Lipinski definition) is 2. The molecule has 0 unspecified atom stereocenters. The number of halogens is 3. The first-order chi connectivity index (χ1) is 7.86. The van der Waals surface area contributed by atoms with Gasteiger partial charge in [-0.05, 0) is 18.6 Å². The third kappa shape index (κ3) is 3.33. The van der Waals surface area contributed by atoms with E-state index in [1.54, 1.807) is 4.98 Å². The lowest BCUT2D eigenvalue weighted by Crippen LogP contribution is -2.31. The van der Waals surface area contributed by atoms with Gasteiger partial charge in [-0.2, -0.15) is 13.2 Å². The van der Waals surface area contributed by atoms with Gasteiger partial charge in [0.15, 0.2) is 0 Å². The molecule has 17 heavy (non-hydrogen) atoms. The summed E-state index contributed by atoms with van der Waals surface area (Å²) < 4.78 is 36.7. The maximum Gasteiger partial charge on any atom is 0.431 e. The molecule has 7 heteroatoms. The molecule has 0 aliphatic carbocycles. The van der Waals surface area contributed by atoms with Crippen molar-refractivity contribution >= 4 is 5.91 Å². The van der Waals surface area contributed by atoms with Gasteiger partial charge in [-0.15, -0.1) is 0 Å². The first-order valence-corrected chi connectivity index (χ1v) is 4.95. The van der Waals surface area contributed by atoms with Crippen molar-refractivity contribution in [2.75, 3.05) is 6.54 Å². The molecule has 0 atom stereocenters. The van der Waals surface area contributed by atoms with E-state index in [2.05, 4.69) is 5.32 Å². The Labute approximate surface area is 94.8 Å². The number of aromatic nitrogens is 1. The van der Waals surface area contributed by atoms with Crippen molar-refractivity contribution in [2.24, 2.45) is 0 Å². The smallest absolute Gasteiger partial charge is 0.352 e. The number of nitrogens with one attached hydrogen (secondary N) is 2. The molecular weight excluding hydrogens is 237 g/mol. The van der Waals surface area contributed by atoms with Gasteiger partial charge in [0.2, 0.25) is 0 Å². The Morgan fingerprint density at radius 2 is 2.06 bits per heavy atom. The van der Waals surface area contributed by atoms with Crippen LogP contribution in [0.2, 0.25) is 0 Å². The highest BCUT2D eigenvalue weighted by atomic mass is 19.4. The summed E-state index contributed by atoms with van der Waals surface area (Å²) >= 11 is 0. The van der Waals surface area contributed by atoms with Gasteiger partial charge in [0.05, 0.1) is 0 Å². The maximum atomic E-state index is 12.2. The zero-order valence-corrected chi connectivity index (χ0v) is 9.02. The predicted molar refractivity (Wildman–Crippen MR) is 54.7 cm³/mol. The van der Waals surface area contributed by atoms with E-state index in [4.69, 9.17) is 0 Å². The van der Waals surface area contributed by atoms with Gasteiger partial charge in [0, 0.05) is 6.54 Å². The summed E-state index contributed by atoms with van der Waals surface area (Å²) in [4.78, 5) is 24.3. The highest BCUT2D eigenvalue weighted by molar-refractivity contribution is 5.93. The second kappa shape index (κ2) is 5.03. The van der Waals surface area contributed by atoms with E-state index in [0.717, 1.165) is 6.07 Å². The van der Waals surface area contributed by atoms with Crippen LogP contribution in [0, 0.1) is 0 Å². The minimum absolute atomic E-state index is 0.327. The molecule has 1 aromatic heterocycles. The summed E-state index contributed by atoms with van der Waals surface area (Å²) in [5.74, 6) is -0.679. The Morgan fingerprint density at radius 3 is 2.53 bits per heavy atom. The molecule has 0 saturated carbocycles. The quantitative estimate of drug-likeness (QED) is 0.852. The second-order valence-corrected chi connectivity index (χ2v) is 3.37. The third-order valence-electron chi connectivity index (χ3n) is 2.00. The van der Waals surface area contributed by atoms with Crippen molar-refractivity contribution in [3.63, 3.8) is 0 Å². The van der Waals surface area contributed by atoms with Crippen molar-refractivity contribution < 1.29 is 18.0 Å². The van der Waals surface area contributed by atoms with Gasteiger partial charge in [-0.3, -0.25) is 9.59 Å². The van der Waals surface area contributed by atoms with E-state index in [1.165, 1.54) is 0 Å². The third-order valence-corrected chi connectivity index (χ3v) is 2.00. The minimum atomic E-state index is -4.63. The van der Waals surface area contributed by atoms with Gasteiger partial charge < -0.3 is 10.3 Å². The number of aromatic amines is 1. The van der Waals surface area contributed by atoms with Crippen LogP contribution >= 0.6 is 0 Å². The zero-order chi connectivity index (χ0) is 13.1. The molecule has 0 radical (unpaired) electrons. The Bertz CT molecular complexity index is 465. The zero-order valence-electron chi connectivity index (χ0n) is 9.02. The summed E-state index contributed by atoms with van der Waals surface area (Å²) in [6, 6.07) is 1.54. The maximum absolute atomic E-state index is 12.2. The van der Waals surface area contributed by atoms with Crippen molar-refractivity contribution in [1.82, 2.24) is 10.3 Å². The lowest BCUT2D eigenvalue weighted by atomic mass is 10.2. The molecule has 1 aromatic rings. The molecule has 0 spiro atoms. The summed E-state index contributed by atoms with van der Waals surface area (Å²) in [7, 11) is 0. The van der Waals surface area contributed by atoms with Gasteiger partial charge in [0.1, 0.15) is 11.3 Å². The molecule has 0 aliphatic rings. The fraction of sp³-hybridized carbons (Fsp3) is 0.400.